The van der Waals surface area contributed by atoms with Crippen molar-refractivity contribution in [3.63, 3.8) is 0 Å². The Morgan fingerprint density at radius 3 is 2.29 bits per heavy atom. The third-order valence-corrected chi connectivity index (χ3v) is 3.49. The SMILES string of the molecule is CSc1ccc(-c2ccccc2C(=O)Cl)cc1. The number of thioether (sulfide) groups is 1. The van der Waals surface area contributed by atoms with Gasteiger partial charge in [0.1, 0.15) is 0 Å². The normalized spacial score (nSPS) is 10.2. The van der Waals surface area contributed by atoms with Gasteiger partial charge in [0.05, 0.1) is 0 Å². The molecule has 3 heteroatoms. The third-order valence-electron chi connectivity index (χ3n) is 2.54. The second kappa shape index (κ2) is 5.39. The fourth-order valence-electron chi connectivity index (χ4n) is 1.68. The summed E-state index contributed by atoms with van der Waals surface area (Å²) in [5, 5.41) is -0.422. The molecule has 0 aliphatic rings. The molecule has 17 heavy (non-hydrogen) atoms. The highest BCUT2D eigenvalue weighted by atomic mass is 35.5. The average Bonchev–Trinajstić information content (AvgIpc) is 2.39. The van der Waals surface area contributed by atoms with Gasteiger partial charge in [-0.15, -0.1) is 11.8 Å². The van der Waals surface area contributed by atoms with Gasteiger partial charge in [-0.25, -0.2) is 0 Å². The molecule has 0 spiro atoms. The predicted octanol–water partition coefficient (Wildman–Crippen LogP) is 4.45. The minimum Gasteiger partial charge on any atom is -0.276 e. The number of benzene rings is 2. The zero-order valence-electron chi connectivity index (χ0n) is 9.31. The summed E-state index contributed by atoms with van der Waals surface area (Å²) in [5.41, 5.74) is 2.43. The fourth-order valence-corrected chi connectivity index (χ4v) is 2.25. The van der Waals surface area contributed by atoms with Gasteiger partial charge in [0, 0.05) is 10.5 Å². The molecule has 0 N–H and O–H groups in total. The van der Waals surface area contributed by atoms with Gasteiger partial charge in [-0.3, -0.25) is 4.79 Å². The van der Waals surface area contributed by atoms with Crippen LogP contribution in [0.25, 0.3) is 11.1 Å². The van der Waals surface area contributed by atoms with Crippen LogP contribution >= 0.6 is 23.4 Å². The van der Waals surface area contributed by atoms with Crippen molar-refractivity contribution in [2.45, 2.75) is 4.90 Å². The Labute approximate surface area is 110 Å². The molecule has 0 aliphatic heterocycles. The van der Waals surface area contributed by atoms with E-state index in [4.69, 9.17) is 11.6 Å². The maximum Gasteiger partial charge on any atom is 0.253 e. The van der Waals surface area contributed by atoms with E-state index in [-0.39, 0.29) is 0 Å². The molecule has 86 valence electrons. The molecule has 0 radical (unpaired) electrons. The highest BCUT2D eigenvalue weighted by Crippen LogP contribution is 2.26. The number of halogens is 1. The average molecular weight is 263 g/mol. The Balaban J connectivity index is 2.48. The van der Waals surface area contributed by atoms with Crippen LogP contribution < -0.4 is 0 Å². The van der Waals surface area contributed by atoms with Crippen LogP contribution in [0, 0.1) is 0 Å². The standard InChI is InChI=1S/C14H11ClOS/c1-17-11-8-6-10(7-9-11)12-4-2-3-5-13(12)14(15)16/h2-9H,1H3. The van der Waals surface area contributed by atoms with Crippen molar-refractivity contribution in [2.24, 2.45) is 0 Å². The van der Waals surface area contributed by atoms with Crippen LogP contribution in [-0.2, 0) is 0 Å². The summed E-state index contributed by atoms with van der Waals surface area (Å²) < 4.78 is 0. The van der Waals surface area contributed by atoms with Crippen LogP contribution in [0.4, 0.5) is 0 Å². The number of rotatable bonds is 3. The van der Waals surface area contributed by atoms with E-state index in [0.29, 0.717) is 5.56 Å². The molecule has 2 aromatic carbocycles. The molecule has 0 saturated carbocycles. The van der Waals surface area contributed by atoms with Crippen molar-refractivity contribution >= 4 is 28.6 Å². The first-order valence-electron chi connectivity index (χ1n) is 5.15. The number of carbonyl (C=O) groups excluding carboxylic acids is 1. The third kappa shape index (κ3) is 2.71. The van der Waals surface area contributed by atoms with E-state index in [1.807, 2.05) is 48.7 Å². The van der Waals surface area contributed by atoms with Crippen LogP contribution in [0.5, 0.6) is 0 Å². The molecule has 0 amide bonds. The van der Waals surface area contributed by atoms with Gasteiger partial charge in [0.2, 0.25) is 0 Å². The Bertz CT molecular complexity index is 534. The molecule has 1 nitrogen and oxygen atoms in total. The highest BCUT2D eigenvalue weighted by Gasteiger charge is 2.09. The van der Waals surface area contributed by atoms with Crippen LogP contribution in [0.1, 0.15) is 10.4 Å². The van der Waals surface area contributed by atoms with Gasteiger partial charge < -0.3 is 0 Å². The lowest BCUT2D eigenvalue weighted by Gasteiger charge is -2.06. The molecule has 0 unspecified atom stereocenters. The van der Waals surface area contributed by atoms with Gasteiger partial charge in [-0.1, -0.05) is 30.3 Å². The molecule has 0 saturated heterocycles. The second-order valence-electron chi connectivity index (χ2n) is 3.55. The van der Waals surface area contributed by atoms with Gasteiger partial charge in [-0.2, -0.15) is 0 Å². The molecular formula is C14H11ClOS. The fraction of sp³-hybridized carbons (Fsp3) is 0.0714. The Morgan fingerprint density at radius 2 is 1.71 bits per heavy atom. The van der Waals surface area contributed by atoms with E-state index in [0.717, 1.165) is 11.1 Å². The lowest BCUT2D eigenvalue weighted by atomic mass is 10.0. The van der Waals surface area contributed by atoms with E-state index in [2.05, 4.69) is 0 Å². The molecule has 0 aliphatic carbocycles. The van der Waals surface area contributed by atoms with Crippen molar-refractivity contribution in [3.8, 4) is 11.1 Å². The van der Waals surface area contributed by atoms with Crippen LogP contribution in [-0.4, -0.2) is 11.5 Å². The highest BCUT2D eigenvalue weighted by molar-refractivity contribution is 7.98. The Kier molecular flexibility index (Phi) is 3.87. The summed E-state index contributed by atoms with van der Waals surface area (Å²) in [7, 11) is 0. The van der Waals surface area contributed by atoms with Gasteiger partial charge in [0.25, 0.3) is 5.24 Å². The van der Waals surface area contributed by atoms with E-state index in [1.165, 1.54) is 4.90 Å². The van der Waals surface area contributed by atoms with Crippen molar-refractivity contribution in [1.29, 1.82) is 0 Å². The molecule has 0 heterocycles. The number of hydrogen-bond acceptors (Lipinski definition) is 2. The van der Waals surface area contributed by atoms with E-state index < -0.39 is 5.24 Å². The quantitative estimate of drug-likeness (QED) is 0.600. The number of hydrogen-bond donors (Lipinski definition) is 0. The molecule has 2 aromatic rings. The predicted molar refractivity (Wildman–Crippen MR) is 73.8 cm³/mol. The maximum atomic E-state index is 11.3. The van der Waals surface area contributed by atoms with E-state index >= 15 is 0 Å². The Morgan fingerprint density at radius 1 is 1.06 bits per heavy atom. The van der Waals surface area contributed by atoms with Crippen molar-refractivity contribution < 1.29 is 4.79 Å². The minimum absolute atomic E-state index is 0.422. The van der Waals surface area contributed by atoms with Crippen molar-refractivity contribution in [1.82, 2.24) is 0 Å². The molecule has 0 aromatic heterocycles. The summed E-state index contributed by atoms with van der Waals surface area (Å²) in [4.78, 5) is 12.5. The minimum atomic E-state index is -0.422. The molecule has 0 atom stereocenters. The Hall–Kier alpha value is -1.25. The van der Waals surface area contributed by atoms with Gasteiger partial charge in [0.15, 0.2) is 0 Å². The topological polar surface area (TPSA) is 17.1 Å². The maximum absolute atomic E-state index is 11.3. The molecule has 2 rings (SSSR count). The van der Waals surface area contributed by atoms with Crippen LogP contribution in [0.15, 0.2) is 53.4 Å². The monoisotopic (exact) mass is 262 g/mol. The van der Waals surface area contributed by atoms with Crippen LogP contribution in [0.3, 0.4) is 0 Å². The summed E-state index contributed by atoms with van der Waals surface area (Å²) in [6.45, 7) is 0. The molecule has 0 fully saturated rings. The molecular weight excluding hydrogens is 252 g/mol. The lowest BCUT2D eigenvalue weighted by Crippen LogP contribution is -1.92. The van der Waals surface area contributed by atoms with Crippen molar-refractivity contribution in [3.05, 3.63) is 54.1 Å². The number of carbonyl (C=O) groups is 1. The smallest absolute Gasteiger partial charge is 0.253 e. The van der Waals surface area contributed by atoms with E-state index in [1.54, 1.807) is 17.8 Å². The summed E-state index contributed by atoms with van der Waals surface area (Å²) in [5.74, 6) is 0. The van der Waals surface area contributed by atoms with E-state index in [9.17, 15) is 4.79 Å². The largest absolute Gasteiger partial charge is 0.276 e. The molecule has 0 bridgehead atoms. The summed E-state index contributed by atoms with van der Waals surface area (Å²) in [6, 6.07) is 15.5. The van der Waals surface area contributed by atoms with Crippen molar-refractivity contribution in [2.75, 3.05) is 6.26 Å². The zero-order chi connectivity index (χ0) is 12.3. The second-order valence-corrected chi connectivity index (χ2v) is 4.77. The summed E-state index contributed by atoms with van der Waals surface area (Å²) in [6.07, 6.45) is 2.03. The zero-order valence-corrected chi connectivity index (χ0v) is 10.9. The van der Waals surface area contributed by atoms with Gasteiger partial charge >= 0.3 is 0 Å². The van der Waals surface area contributed by atoms with Crippen LogP contribution in [0.2, 0.25) is 0 Å². The first kappa shape index (κ1) is 12.2. The van der Waals surface area contributed by atoms with Gasteiger partial charge in [-0.05, 0) is 47.2 Å². The first-order chi connectivity index (χ1) is 8.22. The first-order valence-corrected chi connectivity index (χ1v) is 6.76. The summed E-state index contributed by atoms with van der Waals surface area (Å²) >= 11 is 7.26. The lowest BCUT2D eigenvalue weighted by molar-refractivity contribution is 0.108.